The standard InChI is InChI=1S/C30H38N4O4/c1-30(2)29(38)33-26(21-13-7-4-8-14-21)28(37)32-24(17-20-11-5-3-6-12-20)27(36)31-19-23-16-10-9-15-22(23)18-25(35)34-30/h3,5-6,9-12,15-16,21,24,26H,4,7-8,13-14,17-19H2,1-2H3,(H,31,36)(H,32,37)(H,33,38)(H,34,35)/t24-,26+/m0/s1. The van der Waals surface area contributed by atoms with Gasteiger partial charge in [0.25, 0.3) is 0 Å². The minimum atomic E-state index is -1.23. The van der Waals surface area contributed by atoms with Crippen LogP contribution in [0.4, 0.5) is 0 Å². The molecule has 1 fully saturated rings. The molecule has 202 valence electrons. The maximum absolute atomic E-state index is 13.7. The van der Waals surface area contributed by atoms with Gasteiger partial charge in [-0.05, 0) is 49.3 Å². The number of nitrogens with one attached hydrogen (secondary N) is 4. The van der Waals surface area contributed by atoms with Crippen LogP contribution >= 0.6 is 0 Å². The van der Waals surface area contributed by atoms with Gasteiger partial charge in [-0.25, -0.2) is 0 Å². The number of amides is 4. The summed E-state index contributed by atoms with van der Waals surface area (Å²) in [6.07, 6.45) is 5.08. The number of rotatable bonds is 3. The fraction of sp³-hybridized carbons (Fsp3) is 0.467. The summed E-state index contributed by atoms with van der Waals surface area (Å²) in [5, 5.41) is 11.7. The van der Waals surface area contributed by atoms with Crippen LogP contribution in [-0.2, 0) is 38.6 Å². The van der Waals surface area contributed by atoms with Gasteiger partial charge < -0.3 is 21.3 Å². The Hall–Kier alpha value is -3.68. The van der Waals surface area contributed by atoms with Crippen LogP contribution in [-0.4, -0.2) is 41.3 Å². The van der Waals surface area contributed by atoms with E-state index in [0.29, 0.717) is 6.42 Å². The lowest BCUT2D eigenvalue weighted by Gasteiger charge is -2.34. The highest BCUT2D eigenvalue weighted by Gasteiger charge is 2.38. The summed E-state index contributed by atoms with van der Waals surface area (Å²) < 4.78 is 0. The van der Waals surface area contributed by atoms with Crippen LogP contribution in [0.2, 0.25) is 0 Å². The van der Waals surface area contributed by atoms with E-state index in [2.05, 4.69) is 21.3 Å². The first-order chi connectivity index (χ1) is 18.2. The van der Waals surface area contributed by atoms with Crippen LogP contribution in [0, 0.1) is 5.92 Å². The molecule has 1 aliphatic carbocycles. The second-order valence-electron chi connectivity index (χ2n) is 10.9. The van der Waals surface area contributed by atoms with Crippen molar-refractivity contribution in [1.82, 2.24) is 21.3 Å². The molecule has 0 spiro atoms. The van der Waals surface area contributed by atoms with E-state index in [0.717, 1.165) is 48.8 Å². The summed E-state index contributed by atoms with van der Waals surface area (Å²) >= 11 is 0. The monoisotopic (exact) mass is 518 g/mol. The van der Waals surface area contributed by atoms with Gasteiger partial charge in [-0.3, -0.25) is 19.2 Å². The molecular formula is C30H38N4O4. The third-order valence-electron chi connectivity index (χ3n) is 7.55. The Labute approximate surface area is 224 Å². The van der Waals surface area contributed by atoms with Gasteiger partial charge in [0, 0.05) is 13.0 Å². The Morgan fingerprint density at radius 3 is 2.16 bits per heavy atom. The molecule has 1 saturated carbocycles. The molecule has 8 heteroatoms. The fourth-order valence-electron chi connectivity index (χ4n) is 5.34. The quantitative estimate of drug-likeness (QED) is 0.500. The molecule has 2 atom stereocenters. The average molecular weight is 519 g/mol. The topological polar surface area (TPSA) is 116 Å². The van der Waals surface area contributed by atoms with Crippen LogP contribution < -0.4 is 21.3 Å². The zero-order valence-electron chi connectivity index (χ0n) is 22.2. The fourth-order valence-corrected chi connectivity index (χ4v) is 5.34. The molecular weight excluding hydrogens is 480 g/mol. The first kappa shape index (κ1) is 27.4. The zero-order chi connectivity index (χ0) is 27.1. The van der Waals surface area contributed by atoms with Gasteiger partial charge in [0.2, 0.25) is 23.6 Å². The molecule has 2 aromatic carbocycles. The molecule has 4 rings (SSSR count). The predicted molar refractivity (Wildman–Crippen MR) is 145 cm³/mol. The van der Waals surface area contributed by atoms with E-state index >= 15 is 0 Å². The summed E-state index contributed by atoms with van der Waals surface area (Å²) in [4.78, 5) is 53.5. The van der Waals surface area contributed by atoms with Crippen molar-refractivity contribution in [3.05, 3.63) is 71.3 Å². The Kier molecular flexibility index (Phi) is 8.81. The van der Waals surface area contributed by atoms with Crippen molar-refractivity contribution >= 4 is 23.6 Å². The Morgan fingerprint density at radius 1 is 0.789 bits per heavy atom. The molecule has 0 bridgehead atoms. The number of benzene rings is 2. The molecule has 2 aromatic rings. The van der Waals surface area contributed by atoms with Crippen molar-refractivity contribution in [3.63, 3.8) is 0 Å². The molecule has 4 N–H and O–H groups in total. The maximum atomic E-state index is 13.7. The van der Waals surface area contributed by atoms with E-state index in [9.17, 15) is 19.2 Å². The molecule has 8 nitrogen and oxygen atoms in total. The van der Waals surface area contributed by atoms with E-state index in [1.54, 1.807) is 13.8 Å². The van der Waals surface area contributed by atoms with E-state index < -0.39 is 23.5 Å². The van der Waals surface area contributed by atoms with Crippen molar-refractivity contribution in [2.24, 2.45) is 5.92 Å². The van der Waals surface area contributed by atoms with Gasteiger partial charge in [0.1, 0.15) is 17.6 Å². The highest BCUT2D eigenvalue weighted by atomic mass is 16.2. The molecule has 0 radical (unpaired) electrons. The van der Waals surface area contributed by atoms with Crippen molar-refractivity contribution < 1.29 is 19.2 Å². The van der Waals surface area contributed by atoms with E-state index in [1.807, 2.05) is 54.6 Å². The van der Waals surface area contributed by atoms with Crippen molar-refractivity contribution in [3.8, 4) is 0 Å². The van der Waals surface area contributed by atoms with E-state index in [4.69, 9.17) is 0 Å². The van der Waals surface area contributed by atoms with Crippen LogP contribution in [0.25, 0.3) is 0 Å². The van der Waals surface area contributed by atoms with E-state index in [1.165, 1.54) is 0 Å². The second-order valence-corrected chi connectivity index (χ2v) is 10.9. The number of carbonyl (C=O) groups excluding carboxylic acids is 4. The Balaban J connectivity index is 1.68. The minimum Gasteiger partial charge on any atom is -0.350 e. The molecule has 0 unspecified atom stereocenters. The lowest BCUT2D eigenvalue weighted by Crippen LogP contribution is -2.62. The largest absolute Gasteiger partial charge is 0.350 e. The molecule has 1 heterocycles. The number of fused-ring (bicyclic) bond motifs is 1. The minimum absolute atomic E-state index is 0.0421. The van der Waals surface area contributed by atoms with Crippen LogP contribution in [0.15, 0.2) is 54.6 Å². The molecule has 0 aromatic heterocycles. The predicted octanol–water partition coefficient (Wildman–Crippen LogP) is 2.55. The molecule has 38 heavy (non-hydrogen) atoms. The lowest BCUT2D eigenvalue weighted by atomic mass is 9.83. The molecule has 2 aliphatic rings. The maximum Gasteiger partial charge on any atom is 0.245 e. The second kappa shape index (κ2) is 12.2. The highest BCUT2D eigenvalue weighted by molar-refractivity contribution is 5.96. The van der Waals surface area contributed by atoms with Gasteiger partial charge >= 0.3 is 0 Å². The summed E-state index contributed by atoms with van der Waals surface area (Å²) in [6.45, 7) is 3.50. The van der Waals surface area contributed by atoms with Gasteiger partial charge in [-0.1, -0.05) is 73.9 Å². The number of hydrogen-bond donors (Lipinski definition) is 4. The molecule has 0 saturated heterocycles. The van der Waals surface area contributed by atoms with E-state index in [-0.39, 0.29) is 36.6 Å². The molecule has 4 amide bonds. The summed E-state index contributed by atoms with van der Waals surface area (Å²) in [5.74, 6) is -1.47. The van der Waals surface area contributed by atoms with Crippen molar-refractivity contribution in [2.45, 2.75) is 83.0 Å². The lowest BCUT2D eigenvalue weighted by molar-refractivity contribution is -0.137. The SMILES string of the molecule is CC1(C)NC(=O)Cc2ccccc2CNC(=O)[C@H](Cc2ccccc2)NC(=O)[C@@H](C2CCCCC2)NC1=O. The summed E-state index contributed by atoms with van der Waals surface area (Å²) in [5.41, 5.74) is 1.26. The summed E-state index contributed by atoms with van der Waals surface area (Å²) in [7, 11) is 0. The third kappa shape index (κ3) is 7.00. The number of hydrogen-bond acceptors (Lipinski definition) is 4. The Morgan fingerprint density at radius 2 is 1.45 bits per heavy atom. The first-order valence-electron chi connectivity index (χ1n) is 13.5. The van der Waals surface area contributed by atoms with Gasteiger partial charge in [-0.2, -0.15) is 0 Å². The third-order valence-corrected chi connectivity index (χ3v) is 7.55. The Bertz CT molecular complexity index is 1160. The molecule has 1 aliphatic heterocycles. The summed E-state index contributed by atoms with van der Waals surface area (Å²) in [6, 6.07) is 15.3. The van der Waals surface area contributed by atoms with Gasteiger partial charge in [-0.15, -0.1) is 0 Å². The van der Waals surface area contributed by atoms with Gasteiger partial charge in [0.05, 0.1) is 6.42 Å². The number of carbonyl (C=O) groups is 4. The zero-order valence-corrected chi connectivity index (χ0v) is 22.2. The van der Waals surface area contributed by atoms with Gasteiger partial charge in [0.15, 0.2) is 0 Å². The van der Waals surface area contributed by atoms with Crippen molar-refractivity contribution in [1.29, 1.82) is 0 Å². The van der Waals surface area contributed by atoms with Crippen LogP contribution in [0.5, 0.6) is 0 Å². The highest BCUT2D eigenvalue weighted by Crippen LogP contribution is 2.27. The van der Waals surface area contributed by atoms with Crippen LogP contribution in [0.1, 0.15) is 62.6 Å². The van der Waals surface area contributed by atoms with Crippen molar-refractivity contribution in [2.75, 3.05) is 0 Å². The smallest absolute Gasteiger partial charge is 0.245 e. The van der Waals surface area contributed by atoms with Crippen LogP contribution in [0.3, 0.4) is 0 Å². The average Bonchev–Trinajstić information content (AvgIpc) is 2.90. The normalized spacial score (nSPS) is 23.5. The first-order valence-corrected chi connectivity index (χ1v) is 13.5.